The summed E-state index contributed by atoms with van der Waals surface area (Å²) in [5.41, 5.74) is 0.648. The highest BCUT2D eigenvalue weighted by Gasteiger charge is 2.11. The summed E-state index contributed by atoms with van der Waals surface area (Å²) in [6.45, 7) is 0. The first-order valence-corrected chi connectivity index (χ1v) is 6.08. The average Bonchev–Trinajstić information content (AvgIpc) is 2.28. The van der Waals surface area contributed by atoms with E-state index in [9.17, 15) is 13.2 Å². The highest BCUT2D eigenvalue weighted by atomic mass is 32.2. The molecule has 16 heavy (non-hydrogen) atoms. The minimum Gasteiger partial charge on any atom is -0.465 e. The van der Waals surface area contributed by atoms with Crippen molar-refractivity contribution in [3.05, 3.63) is 29.6 Å². The maximum absolute atomic E-state index is 11.2. The Morgan fingerprint density at radius 3 is 2.62 bits per heavy atom. The molecule has 0 aliphatic rings. The van der Waals surface area contributed by atoms with Crippen molar-refractivity contribution in [1.29, 1.82) is 0 Å². The number of hydrogen-bond acceptors (Lipinski definition) is 5. The normalized spacial score (nSPS) is 11.1. The van der Waals surface area contributed by atoms with Gasteiger partial charge in [0.15, 0.2) is 0 Å². The van der Waals surface area contributed by atoms with Crippen LogP contribution in [0.1, 0.15) is 16.1 Å². The number of carbonyl (C=O) groups is 1. The van der Waals surface area contributed by atoms with E-state index in [0.29, 0.717) is 5.69 Å². The number of hydrogen-bond donors (Lipinski definition) is 1. The Balaban J connectivity index is 2.84. The van der Waals surface area contributed by atoms with E-state index in [4.69, 9.17) is 0 Å². The SMILES string of the molecule is CNS(=O)(=O)Cc1ccc(C(=O)OC)cn1. The molecule has 0 radical (unpaired) electrons. The standard InChI is InChI=1S/C9H12N2O4S/c1-10-16(13,14)6-8-4-3-7(5-11-8)9(12)15-2/h3-5,10H,6H2,1-2H3. The number of nitrogens with one attached hydrogen (secondary N) is 1. The summed E-state index contributed by atoms with van der Waals surface area (Å²) >= 11 is 0. The Hall–Kier alpha value is -1.47. The first kappa shape index (κ1) is 12.6. The molecule has 1 aromatic rings. The average molecular weight is 244 g/mol. The molecule has 88 valence electrons. The van der Waals surface area contributed by atoms with Crippen LogP contribution in [-0.4, -0.2) is 33.5 Å². The van der Waals surface area contributed by atoms with Crippen LogP contribution in [0.4, 0.5) is 0 Å². The van der Waals surface area contributed by atoms with Gasteiger partial charge in [-0.2, -0.15) is 0 Å². The lowest BCUT2D eigenvalue weighted by atomic mass is 10.2. The maximum atomic E-state index is 11.2. The smallest absolute Gasteiger partial charge is 0.339 e. The third-order valence-corrected chi connectivity index (χ3v) is 3.19. The van der Waals surface area contributed by atoms with E-state index >= 15 is 0 Å². The molecule has 0 saturated carbocycles. The second-order valence-corrected chi connectivity index (χ2v) is 4.92. The Kier molecular flexibility index (Phi) is 3.97. The lowest BCUT2D eigenvalue weighted by Crippen LogP contribution is -2.21. The Morgan fingerprint density at radius 1 is 1.50 bits per heavy atom. The monoisotopic (exact) mass is 244 g/mol. The van der Waals surface area contributed by atoms with Crippen LogP contribution >= 0.6 is 0 Å². The van der Waals surface area contributed by atoms with Gasteiger partial charge in [0.1, 0.15) is 5.75 Å². The van der Waals surface area contributed by atoms with Crippen molar-refractivity contribution in [2.75, 3.05) is 14.2 Å². The molecule has 1 aromatic heterocycles. The lowest BCUT2D eigenvalue weighted by molar-refractivity contribution is 0.0600. The van der Waals surface area contributed by atoms with Crippen molar-refractivity contribution in [3.63, 3.8) is 0 Å². The molecule has 0 fully saturated rings. The van der Waals surface area contributed by atoms with Crippen LogP contribution in [0.3, 0.4) is 0 Å². The van der Waals surface area contributed by atoms with Crippen LogP contribution < -0.4 is 4.72 Å². The molecule has 0 bridgehead atoms. The van der Waals surface area contributed by atoms with E-state index < -0.39 is 16.0 Å². The quantitative estimate of drug-likeness (QED) is 0.748. The predicted molar refractivity (Wildman–Crippen MR) is 57.3 cm³/mol. The number of methoxy groups -OCH3 is 1. The van der Waals surface area contributed by atoms with Crippen molar-refractivity contribution < 1.29 is 17.9 Å². The third kappa shape index (κ3) is 3.28. The molecule has 0 aromatic carbocycles. The molecular formula is C9H12N2O4S. The van der Waals surface area contributed by atoms with Crippen LogP contribution in [0.2, 0.25) is 0 Å². The van der Waals surface area contributed by atoms with Crippen LogP contribution in [-0.2, 0) is 20.5 Å². The second-order valence-electron chi connectivity index (χ2n) is 2.99. The van der Waals surface area contributed by atoms with Crippen LogP contribution in [0.15, 0.2) is 18.3 Å². The van der Waals surface area contributed by atoms with Crippen LogP contribution in [0.5, 0.6) is 0 Å². The lowest BCUT2D eigenvalue weighted by Gasteiger charge is -2.02. The summed E-state index contributed by atoms with van der Waals surface area (Å²) in [7, 11) is -0.743. The molecule has 0 saturated heterocycles. The fraction of sp³-hybridized carbons (Fsp3) is 0.333. The van der Waals surface area contributed by atoms with E-state index in [1.807, 2.05) is 0 Å². The van der Waals surface area contributed by atoms with Crippen molar-refractivity contribution in [2.24, 2.45) is 0 Å². The Morgan fingerprint density at radius 2 is 2.19 bits per heavy atom. The summed E-state index contributed by atoms with van der Waals surface area (Å²) in [6, 6.07) is 2.94. The van der Waals surface area contributed by atoms with E-state index in [0.717, 1.165) is 0 Å². The zero-order valence-electron chi connectivity index (χ0n) is 8.93. The number of carbonyl (C=O) groups excluding carboxylic acids is 1. The molecule has 6 nitrogen and oxygen atoms in total. The number of sulfonamides is 1. The summed E-state index contributed by atoms with van der Waals surface area (Å²) in [4.78, 5) is 14.9. The molecule has 0 atom stereocenters. The molecule has 1 N–H and O–H groups in total. The van der Waals surface area contributed by atoms with Gasteiger partial charge in [-0.1, -0.05) is 0 Å². The van der Waals surface area contributed by atoms with Crippen molar-refractivity contribution in [1.82, 2.24) is 9.71 Å². The third-order valence-electron chi connectivity index (χ3n) is 1.89. The summed E-state index contributed by atoms with van der Waals surface area (Å²) < 4.78 is 29.1. The molecular weight excluding hydrogens is 232 g/mol. The highest BCUT2D eigenvalue weighted by molar-refractivity contribution is 7.88. The second kappa shape index (κ2) is 5.04. The largest absolute Gasteiger partial charge is 0.465 e. The van der Waals surface area contributed by atoms with Gasteiger partial charge < -0.3 is 4.74 Å². The molecule has 1 heterocycles. The number of aromatic nitrogens is 1. The van der Waals surface area contributed by atoms with Crippen LogP contribution in [0, 0.1) is 0 Å². The summed E-state index contributed by atoms with van der Waals surface area (Å²) in [5.74, 6) is -0.721. The van der Waals surface area contributed by atoms with Crippen molar-refractivity contribution in [3.8, 4) is 0 Å². The van der Waals surface area contributed by atoms with Gasteiger partial charge in [0, 0.05) is 6.20 Å². The van der Waals surface area contributed by atoms with E-state index in [-0.39, 0.29) is 11.3 Å². The topological polar surface area (TPSA) is 85.4 Å². The Bertz CT molecular complexity index is 467. The van der Waals surface area contributed by atoms with Crippen molar-refractivity contribution in [2.45, 2.75) is 5.75 Å². The van der Waals surface area contributed by atoms with Gasteiger partial charge in [0.25, 0.3) is 0 Å². The van der Waals surface area contributed by atoms with E-state index in [1.54, 1.807) is 0 Å². The first-order valence-electron chi connectivity index (χ1n) is 4.43. The van der Waals surface area contributed by atoms with Gasteiger partial charge in [-0.3, -0.25) is 4.98 Å². The van der Waals surface area contributed by atoms with Gasteiger partial charge in [-0.05, 0) is 19.2 Å². The number of nitrogens with zero attached hydrogens (tertiary/aromatic N) is 1. The number of pyridine rings is 1. The fourth-order valence-electron chi connectivity index (χ4n) is 1.02. The molecule has 0 aliphatic carbocycles. The zero-order valence-corrected chi connectivity index (χ0v) is 9.74. The number of rotatable bonds is 4. The predicted octanol–water partition coefficient (Wildman–Crippen LogP) is -0.0826. The minimum atomic E-state index is -3.34. The molecule has 1 rings (SSSR count). The molecule has 0 unspecified atom stereocenters. The summed E-state index contributed by atoms with van der Waals surface area (Å²) in [6.07, 6.45) is 1.28. The fourth-order valence-corrected chi connectivity index (χ4v) is 1.72. The molecule has 0 spiro atoms. The number of esters is 1. The molecule has 0 amide bonds. The van der Waals surface area contributed by atoms with Gasteiger partial charge in [0.05, 0.1) is 18.4 Å². The van der Waals surface area contributed by atoms with Gasteiger partial charge in [-0.15, -0.1) is 0 Å². The molecule has 7 heteroatoms. The zero-order chi connectivity index (χ0) is 12.2. The van der Waals surface area contributed by atoms with E-state index in [2.05, 4.69) is 14.4 Å². The summed E-state index contributed by atoms with van der Waals surface area (Å²) in [5, 5.41) is 0. The first-order chi connectivity index (χ1) is 7.48. The van der Waals surface area contributed by atoms with Crippen LogP contribution in [0.25, 0.3) is 0 Å². The molecule has 0 aliphatic heterocycles. The maximum Gasteiger partial charge on any atom is 0.339 e. The Labute approximate surface area is 93.7 Å². The van der Waals surface area contributed by atoms with Crippen molar-refractivity contribution >= 4 is 16.0 Å². The van der Waals surface area contributed by atoms with Gasteiger partial charge in [-0.25, -0.2) is 17.9 Å². The minimum absolute atomic E-state index is 0.217. The highest BCUT2D eigenvalue weighted by Crippen LogP contribution is 2.04. The van der Waals surface area contributed by atoms with E-state index in [1.165, 1.54) is 32.5 Å². The van der Waals surface area contributed by atoms with Gasteiger partial charge in [0.2, 0.25) is 10.0 Å². The number of ether oxygens (including phenoxy) is 1. The van der Waals surface area contributed by atoms with Gasteiger partial charge >= 0.3 is 5.97 Å².